The maximum atomic E-state index is 13.3. The van der Waals surface area contributed by atoms with Gasteiger partial charge in [0.15, 0.2) is 0 Å². The number of carbonyl (C=O) groups excluding carboxylic acids is 2. The molecule has 5 aliphatic rings. The summed E-state index contributed by atoms with van der Waals surface area (Å²) in [4.78, 5) is 37.7. The van der Waals surface area contributed by atoms with Gasteiger partial charge in [-0.05, 0) is 25.7 Å². The van der Waals surface area contributed by atoms with E-state index < -0.39 is 11.5 Å². The molecule has 0 saturated carbocycles. The van der Waals surface area contributed by atoms with Gasteiger partial charge in [-0.2, -0.15) is 0 Å². The van der Waals surface area contributed by atoms with Crippen LogP contribution in [0.5, 0.6) is 0 Å². The van der Waals surface area contributed by atoms with Crippen LogP contribution in [0.2, 0.25) is 0 Å². The molecule has 1 unspecified atom stereocenters. The van der Waals surface area contributed by atoms with Gasteiger partial charge in [-0.3, -0.25) is 14.5 Å². The fraction of sp³-hybridized carbons (Fsp3) is 0.682. The maximum absolute atomic E-state index is 13.3. The highest BCUT2D eigenvalue weighted by molar-refractivity contribution is 5.93. The first-order chi connectivity index (χ1) is 14.5. The number of H-pyrrole nitrogens is 1. The molecule has 0 aliphatic carbocycles. The zero-order valence-electron chi connectivity index (χ0n) is 17.3. The second-order valence-corrected chi connectivity index (χ2v) is 9.76. The normalized spacial score (nSPS) is 42.0. The summed E-state index contributed by atoms with van der Waals surface area (Å²) in [6.45, 7) is 1.44. The summed E-state index contributed by atoms with van der Waals surface area (Å²) in [5.74, 6) is -0.758. The number of likely N-dealkylation sites (tertiary alicyclic amines) is 1. The van der Waals surface area contributed by atoms with Crippen LogP contribution in [0.15, 0.2) is 24.7 Å². The second kappa shape index (κ2) is 6.65. The minimum absolute atomic E-state index is 0.00929. The SMILES string of the molecule is CN1C[C@]23C=C[C@H](O2)[C@H](C(=O)NC2C[C@H]4CCC[C@@H](C2)N4Cc2cnc[nH]2)[C@@H]3C1=O. The molecule has 4 fully saturated rings. The highest BCUT2D eigenvalue weighted by Gasteiger charge is 2.66. The Balaban J connectivity index is 1.15. The molecule has 0 aromatic carbocycles. The molecule has 160 valence electrons. The number of piperidine rings is 2. The van der Waals surface area contributed by atoms with E-state index in [0.717, 1.165) is 25.1 Å². The second-order valence-electron chi connectivity index (χ2n) is 9.76. The van der Waals surface area contributed by atoms with E-state index in [2.05, 4.69) is 20.2 Å². The molecule has 1 aromatic heterocycles. The van der Waals surface area contributed by atoms with Crippen molar-refractivity contribution in [3.63, 3.8) is 0 Å². The van der Waals surface area contributed by atoms with Crippen LogP contribution >= 0.6 is 0 Å². The number of amides is 2. The summed E-state index contributed by atoms with van der Waals surface area (Å²) >= 11 is 0. The maximum Gasteiger partial charge on any atom is 0.229 e. The van der Waals surface area contributed by atoms with Crippen molar-refractivity contribution in [2.45, 2.75) is 68.5 Å². The van der Waals surface area contributed by atoms with Crippen LogP contribution in [0.3, 0.4) is 0 Å². The molecule has 1 spiro atoms. The number of nitrogens with one attached hydrogen (secondary N) is 2. The Bertz CT molecular complexity index is 871. The van der Waals surface area contributed by atoms with Crippen LogP contribution in [-0.4, -0.2) is 75.0 Å². The topological polar surface area (TPSA) is 90.6 Å². The highest BCUT2D eigenvalue weighted by atomic mass is 16.5. The van der Waals surface area contributed by atoms with Crippen molar-refractivity contribution < 1.29 is 14.3 Å². The molecule has 8 nitrogen and oxygen atoms in total. The van der Waals surface area contributed by atoms with Crippen LogP contribution in [-0.2, 0) is 20.9 Å². The minimum atomic E-state index is -0.595. The standard InChI is InChI=1S/C22H29N5O3/c1-26-11-22-6-5-17(30-22)18(19(22)21(26)29)20(28)25-13-7-15-3-2-4-16(8-13)27(15)10-14-9-23-12-24-14/h5-6,9,12-13,15-19H,2-4,7-8,10-11H2,1H3,(H,23,24)(H,25,28)/t13?,15-,16+,17-,18-,19+,22-/m0/s1. The van der Waals surface area contributed by atoms with Gasteiger partial charge in [-0.15, -0.1) is 0 Å². The van der Waals surface area contributed by atoms with Crippen molar-refractivity contribution in [2.75, 3.05) is 13.6 Å². The predicted octanol–water partition coefficient (Wildman–Crippen LogP) is 0.823. The van der Waals surface area contributed by atoms with E-state index in [1.54, 1.807) is 18.3 Å². The van der Waals surface area contributed by atoms with Gasteiger partial charge in [-0.25, -0.2) is 4.98 Å². The van der Waals surface area contributed by atoms with Crippen molar-refractivity contribution in [1.82, 2.24) is 25.1 Å². The van der Waals surface area contributed by atoms with Gasteiger partial charge in [-0.1, -0.05) is 18.6 Å². The van der Waals surface area contributed by atoms with Crippen molar-refractivity contribution in [3.8, 4) is 0 Å². The van der Waals surface area contributed by atoms with Crippen molar-refractivity contribution >= 4 is 11.8 Å². The number of hydrogen-bond acceptors (Lipinski definition) is 5. The molecule has 6 rings (SSSR count). The van der Waals surface area contributed by atoms with E-state index >= 15 is 0 Å². The predicted molar refractivity (Wildman–Crippen MR) is 108 cm³/mol. The quantitative estimate of drug-likeness (QED) is 0.716. The number of hydrogen-bond donors (Lipinski definition) is 2. The van der Waals surface area contributed by atoms with Gasteiger partial charge >= 0.3 is 0 Å². The van der Waals surface area contributed by atoms with Gasteiger partial charge in [0, 0.05) is 43.6 Å². The molecule has 6 heterocycles. The van der Waals surface area contributed by atoms with Crippen molar-refractivity contribution in [3.05, 3.63) is 30.4 Å². The summed E-state index contributed by atoms with van der Waals surface area (Å²) in [6, 6.07) is 1.12. The van der Waals surface area contributed by atoms with E-state index in [-0.39, 0.29) is 29.9 Å². The third-order valence-corrected chi connectivity index (χ3v) is 7.97. The molecule has 2 amide bonds. The number of imidazole rings is 1. The van der Waals surface area contributed by atoms with E-state index in [0.29, 0.717) is 18.6 Å². The monoisotopic (exact) mass is 411 g/mol. The minimum Gasteiger partial charge on any atom is -0.360 e. The van der Waals surface area contributed by atoms with Gasteiger partial charge in [0.2, 0.25) is 11.8 Å². The molecule has 8 heteroatoms. The number of nitrogens with zero attached hydrogens (tertiary/aromatic N) is 3. The molecule has 2 N–H and O–H groups in total. The number of rotatable bonds is 4. The smallest absolute Gasteiger partial charge is 0.229 e. The summed E-state index contributed by atoms with van der Waals surface area (Å²) in [5, 5.41) is 3.33. The molecule has 0 radical (unpaired) electrons. The average molecular weight is 412 g/mol. The van der Waals surface area contributed by atoms with Crippen LogP contribution < -0.4 is 5.32 Å². The molecule has 7 atom stereocenters. The molecular formula is C22H29N5O3. The first-order valence-corrected chi connectivity index (χ1v) is 11.2. The molecular weight excluding hydrogens is 382 g/mol. The first-order valence-electron chi connectivity index (χ1n) is 11.2. The lowest BCUT2D eigenvalue weighted by Gasteiger charge is -2.49. The summed E-state index contributed by atoms with van der Waals surface area (Å²) < 4.78 is 6.15. The van der Waals surface area contributed by atoms with Gasteiger partial charge < -0.3 is 19.9 Å². The Hall–Kier alpha value is -2.19. The number of ether oxygens (including phenoxy) is 1. The van der Waals surface area contributed by atoms with E-state index in [9.17, 15) is 9.59 Å². The Kier molecular flexibility index (Phi) is 4.12. The number of aromatic nitrogens is 2. The van der Waals surface area contributed by atoms with Crippen LogP contribution in [0.1, 0.15) is 37.8 Å². The third-order valence-electron chi connectivity index (χ3n) is 7.97. The van der Waals surface area contributed by atoms with Crippen molar-refractivity contribution in [1.29, 1.82) is 0 Å². The highest BCUT2D eigenvalue weighted by Crippen LogP contribution is 2.51. The van der Waals surface area contributed by atoms with Gasteiger partial charge in [0.05, 0.1) is 30.8 Å². The lowest BCUT2D eigenvalue weighted by atomic mass is 9.76. The van der Waals surface area contributed by atoms with Crippen LogP contribution in [0, 0.1) is 11.8 Å². The number of carbonyl (C=O) groups is 2. The third kappa shape index (κ3) is 2.69. The summed E-state index contributed by atoms with van der Waals surface area (Å²) in [7, 11) is 1.80. The first kappa shape index (κ1) is 18.6. The largest absolute Gasteiger partial charge is 0.360 e. The Morgan fingerprint density at radius 3 is 2.90 bits per heavy atom. The van der Waals surface area contributed by atoms with E-state index in [1.807, 2.05) is 18.3 Å². The zero-order chi connectivity index (χ0) is 20.5. The van der Waals surface area contributed by atoms with Crippen LogP contribution in [0.4, 0.5) is 0 Å². The number of aromatic amines is 1. The molecule has 30 heavy (non-hydrogen) atoms. The number of likely N-dealkylation sites (N-methyl/N-ethyl adjacent to an activating group) is 1. The summed E-state index contributed by atoms with van der Waals surface area (Å²) in [6.07, 6.45) is 12.9. The fourth-order valence-electron chi connectivity index (χ4n) is 6.71. The zero-order valence-corrected chi connectivity index (χ0v) is 17.3. The Labute approximate surface area is 176 Å². The van der Waals surface area contributed by atoms with Crippen LogP contribution in [0.25, 0.3) is 0 Å². The molecule has 1 aromatic rings. The fourth-order valence-corrected chi connectivity index (χ4v) is 6.71. The average Bonchev–Trinajstić information content (AvgIpc) is 3.46. The molecule has 4 bridgehead atoms. The van der Waals surface area contributed by atoms with Gasteiger partial charge in [0.1, 0.15) is 5.60 Å². The van der Waals surface area contributed by atoms with Crippen molar-refractivity contribution in [2.24, 2.45) is 11.8 Å². The Morgan fingerprint density at radius 1 is 1.37 bits per heavy atom. The van der Waals surface area contributed by atoms with E-state index in [1.165, 1.54) is 19.3 Å². The molecule has 4 saturated heterocycles. The lowest BCUT2D eigenvalue weighted by Crippen LogP contribution is -2.57. The Morgan fingerprint density at radius 2 is 2.17 bits per heavy atom. The lowest BCUT2D eigenvalue weighted by molar-refractivity contribution is -0.137. The van der Waals surface area contributed by atoms with E-state index in [4.69, 9.17) is 4.74 Å². The van der Waals surface area contributed by atoms with Gasteiger partial charge in [0.25, 0.3) is 0 Å². The molecule has 5 aliphatic heterocycles. The number of fused-ring (bicyclic) bond motifs is 3. The summed E-state index contributed by atoms with van der Waals surface area (Å²) in [5.41, 5.74) is 0.553.